The van der Waals surface area contributed by atoms with Crippen molar-refractivity contribution in [1.82, 2.24) is 15.2 Å². The predicted octanol–water partition coefficient (Wildman–Crippen LogP) is 1.62. The van der Waals surface area contributed by atoms with Crippen LogP contribution in [0, 0.1) is 0 Å². The number of furan rings is 1. The normalized spacial score (nSPS) is 10.6. The number of likely N-dealkylation sites (N-methyl/N-ethyl adjacent to an activating group) is 1. The molecule has 2 amide bonds. The Labute approximate surface area is 161 Å². The van der Waals surface area contributed by atoms with E-state index >= 15 is 0 Å². The summed E-state index contributed by atoms with van der Waals surface area (Å²) < 4.78 is 10.2. The fourth-order valence-electron chi connectivity index (χ4n) is 2.70. The predicted molar refractivity (Wildman–Crippen MR) is 101 cm³/mol. The zero-order valence-electron chi connectivity index (χ0n) is 15.4. The van der Waals surface area contributed by atoms with Gasteiger partial charge in [0.25, 0.3) is 5.91 Å². The summed E-state index contributed by atoms with van der Waals surface area (Å²) in [5.41, 5.74) is 1.74. The summed E-state index contributed by atoms with van der Waals surface area (Å²) in [6, 6.07) is 11.1. The van der Waals surface area contributed by atoms with Gasteiger partial charge in [-0.25, -0.2) is 0 Å². The van der Waals surface area contributed by atoms with E-state index in [1.165, 1.54) is 18.2 Å². The van der Waals surface area contributed by atoms with E-state index in [1.807, 2.05) is 24.3 Å². The summed E-state index contributed by atoms with van der Waals surface area (Å²) in [5, 5.41) is 3.59. The minimum Gasteiger partial charge on any atom is -0.467 e. The molecule has 28 heavy (non-hydrogen) atoms. The number of H-pyrrole nitrogens is 1. The number of esters is 1. The van der Waals surface area contributed by atoms with Gasteiger partial charge >= 0.3 is 5.97 Å². The summed E-state index contributed by atoms with van der Waals surface area (Å²) in [6.45, 7) is -0.309. The van der Waals surface area contributed by atoms with Crippen molar-refractivity contribution in [1.29, 1.82) is 0 Å². The maximum atomic E-state index is 12.1. The first-order valence-corrected chi connectivity index (χ1v) is 8.76. The van der Waals surface area contributed by atoms with Crippen molar-refractivity contribution in [3.8, 4) is 0 Å². The highest BCUT2D eigenvalue weighted by atomic mass is 16.5. The zero-order chi connectivity index (χ0) is 19.9. The molecule has 1 aromatic carbocycles. The van der Waals surface area contributed by atoms with Crippen LogP contribution in [0.3, 0.4) is 0 Å². The first kappa shape index (κ1) is 19.2. The van der Waals surface area contributed by atoms with Crippen LogP contribution >= 0.6 is 0 Å². The van der Waals surface area contributed by atoms with Crippen molar-refractivity contribution in [3.63, 3.8) is 0 Å². The highest BCUT2D eigenvalue weighted by Gasteiger charge is 2.16. The summed E-state index contributed by atoms with van der Waals surface area (Å²) in [4.78, 5) is 40.3. The molecule has 3 aromatic rings. The van der Waals surface area contributed by atoms with Crippen LogP contribution in [-0.4, -0.2) is 47.9 Å². The molecule has 8 nitrogen and oxygen atoms in total. The number of rotatable bonds is 8. The van der Waals surface area contributed by atoms with Gasteiger partial charge in [-0.05, 0) is 23.8 Å². The van der Waals surface area contributed by atoms with Crippen molar-refractivity contribution in [2.24, 2.45) is 0 Å². The van der Waals surface area contributed by atoms with Gasteiger partial charge in [-0.2, -0.15) is 0 Å². The molecular formula is C20H21N3O5. The Morgan fingerprint density at radius 2 is 2.00 bits per heavy atom. The van der Waals surface area contributed by atoms with Crippen LogP contribution in [0.4, 0.5) is 0 Å². The molecule has 0 unspecified atom stereocenters. The first-order chi connectivity index (χ1) is 13.5. The number of ether oxygens (including phenoxy) is 1. The largest absolute Gasteiger partial charge is 0.467 e. The average Bonchev–Trinajstić information content (AvgIpc) is 3.35. The number of nitrogens with zero attached hydrogens (tertiary/aromatic N) is 1. The monoisotopic (exact) mass is 383 g/mol. The highest BCUT2D eigenvalue weighted by Crippen LogP contribution is 2.18. The van der Waals surface area contributed by atoms with Crippen LogP contribution in [0.25, 0.3) is 10.9 Å². The number of hydrogen-bond donors (Lipinski definition) is 2. The maximum Gasteiger partial charge on any atom is 0.310 e. The van der Waals surface area contributed by atoms with Crippen molar-refractivity contribution >= 4 is 28.7 Å². The Kier molecular flexibility index (Phi) is 6.11. The third-order valence-corrected chi connectivity index (χ3v) is 4.21. The Morgan fingerprint density at radius 1 is 1.18 bits per heavy atom. The summed E-state index contributed by atoms with van der Waals surface area (Å²) in [7, 11) is 1.47. The van der Waals surface area contributed by atoms with Gasteiger partial charge in [0.05, 0.1) is 25.8 Å². The minimum absolute atomic E-state index is 0.0602. The van der Waals surface area contributed by atoms with E-state index in [9.17, 15) is 14.4 Å². The minimum atomic E-state index is -0.506. The number of para-hydroxylation sites is 1. The van der Waals surface area contributed by atoms with Crippen LogP contribution in [-0.2, 0) is 32.1 Å². The van der Waals surface area contributed by atoms with Crippen molar-refractivity contribution in [3.05, 3.63) is 60.2 Å². The quantitative estimate of drug-likeness (QED) is 0.575. The molecule has 0 atom stereocenters. The van der Waals surface area contributed by atoms with Crippen LogP contribution in [0.2, 0.25) is 0 Å². The zero-order valence-corrected chi connectivity index (χ0v) is 15.4. The molecule has 2 N–H and O–H groups in total. The molecular weight excluding hydrogens is 362 g/mol. The first-order valence-electron chi connectivity index (χ1n) is 8.76. The second kappa shape index (κ2) is 8.90. The third-order valence-electron chi connectivity index (χ3n) is 4.21. The number of aromatic nitrogens is 1. The molecule has 0 aliphatic rings. The lowest BCUT2D eigenvalue weighted by molar-refractivity contribution is -0.151. The molecule has 0 aliphatic heterocycles. The van der Waals surface area contributed by atoms with Gasteiger partial charge in [0, 0.05) is 24.1 Å². The molecule has 0 saturated heterocycles. The number of benzene rings is 1. The van der Waals surface area contributed by atoms with Gasteiger partial charge in [-0.1, -0.05) is 18.2 Å². The van der Waals surface area contributed by atoms with E-state index in [2.05, 4.69) is 10.3 Å². The lowest BCUT2D eigenvalue weighted by Crippen LogP contribution is -2.40. The highest BCUT2D eigenvalue weighted by molar-refractivity contribution is 5.89. The second-order valence-electron chi connectivity index (χ2n) is 6.30. The lowest BCUT2D eigenvalue weighted by Gasteiger charge is -2.16. The van der Waals surface area contributed by atoms with Gasteiger partial charge in [-0.3, -0.25) is 14.4 Å². The third kappa shape index (κ3) is 5.00. The Hall–Kier alpha value is -3.55. The molecule has 0 spiro atoms. The molecule has 0 aliphatic carbocycles. The topological polar surface area (TPSA) is 105 Å². The van der Waals surface area contributed by atoms with Crippen LogP contribution in [0.5, 0.6) is 0 Å². The molecule has 3 rings (SSSR count). The van der Waals surface area contributed by atoms with Crippen LogP contribution in [0.15, 0.2) is 53.3 Å². The van der Waals surface area contributed by atoms with E-state index in [1.54, 1.807) is 18.3 Å². The standard InChI is InChI=1S/C20H21N3O5/c1-23(12-18(24)22-11-15-5-4-8-27-15)19(25)13-28-20(26)9-14-10-21-17-7-3-2-6-16(14)17/h2-8,10,21H,9,11-13H2,1H3,(H,22,24). The average molecular weight is 383 g/mol. The number of hydrogen-bond acceptors (Lipinski definition) is 5. The summed E-state index contributed by atoms with van der Waals surface area (Å²) >= 11 is 0. The van der Waals surface area contributed by atoms with E-state index in [4.69, 9.17) is 9.15 Å². The molecule has 2 aromatic heterocycles. The second-order valence-corrected chi connectivity index (χ2v) is 6.30. The van der Waals surface area contributed by atoms with Crippen molar-refractivity contribution < 1.29 is 23.5 Å². The molecule has 0 fully saturated rings. The van der Waals surface area contributed by atoms with Crippen molar-refractivity contribution in [2.75, 3.05) is 20.2 Å². The van der Waals surface area contributed by atoms with Gasteiger partial charge in [0.2, 0.25) is 5.91 Å². The summed E-state index contributed by atoms with van der Waals surface area (Å²) in [6.07, 6.45) is 3.33. The van der Waals surface area contributed by atoms with E-state index in [0.29, 0.717) is 5.76 Å². The van der Waals surface area contributed by atoms with E-state index in [-0.39, 0.29) is 25.4 Å². The maximum absolute atomic E-state index is 12.1. The smallest absolute Gasteiger partial charge is 0.310 e. The molecule has 0 radical (unpaired) electrons. The number of nitrogens with one attached hydrogen (secondary N) is 2. The number of carbonyl (C=O) groups excluding carboxylic acids is 3. The van der Waals surface area contributed by atoms with Gasteiger partial charge in [0.15, 0.2) is 6.61 Å². The Balaban J connectivity index is 1.41. The molecule has 2 heterocycles. The lowest BCUT2D eigenvalue weighted by atomic mass is 10.1. The van der Waals surface area contributed by atoms with Crippen LogP contribution in [0.1, 0.15) is 11.3 Å². The van der Waals surface area contributed by atoms with E-state index in [0.717, 1.165) is 16.5 Å². The molecule has 8 heteroatoms. The summed E-state index contributed by atoms with van der Waals surface area (Å²) in [5.74, 6) is -0.680. The fraction of sp³-hybridized carbons (Fsp3) is 0.250. The van der Waals surface area contributed by atoms with E-state index < -0.39 is 18.5 Å². The molecule has 0 saturated carbocycles. The van der Waals surface area contributed by atoms with Gasteiger partial charge < -0.3 is 24.4 Å². The molecule has 0 bridgehead atoms. The molecule has 146 valence electrons. The number of carbonyl (C=O) groups is 3. The number of aromatic amines is 1. The Morgan fingerprint density at radius 3 is 2.79 bits per heavy atom. The number of amides is 2. The SMILES string of the molecule is CN(CC(=O)NCc1ccco1)C(=O)COC(=O)Cc1c[nH]c2ccccc12. The number of fused-ring (bicyclic) bond motifs is 1. The van der Waals surface area contributed by atoms with Crippen LogP contribution < -0.4 is 5.32 Å². The van der Waals surface area contributed by atoms with Crippen molar-refractivity contribution in [2.45, 2.75) is 13.0 Å². The van der Waals surface area contributed by atoms with Gasteiger partial charge in [0.1, 0.15) is 5.76 Å². The van der Waals surface area contributed by atoms with Gasteiger partial charge in [-0.15, -0.1) is 0 Å². The Bertz CT molecular complexity index is 961. The fourth-order valence-corrected chi connectivity index (χ4v) is 2.70.